The highest BCUT2D eigenvalue weighted by atomic mass is 16.5. The van der Waals surface area contributed by atoms with E-state index < -0.39 is 11.9 Å². The number of ether oxygens (including phenoxy) is 2. The van der Waals surface area contributed by atoms with E-state index in [9.17, 15) is 9.59 Å². The van der Waals surface area contributed by atoms with Gasteiger partial charge in [0.05, 0.1) is 35.1 Å². The molecule has 2 aromatic heterocycles. The fourth-order valence-corrected chi connectivity index (χ4v) is 3.43. The quantitative estimate of drug-likeness (QED) is 0.351. The summed E-state index contributed by atoms with van der Waals surface area (Å²) >= 11 is 0. The number of rotatable bonds is 5. The summed E-state index contributed by atoms with van der Waals surface area (Å²) in [7, 11) is 1.31. The predicted molar refractivity (Wildman–Crippen MR) is 118 cm³/mol. The SMILES string of the molecule is COC(=O)c1c(COC(=O)/C=C/c2ccc3ccccc3n2)nc2ccccc2c1C. The molecule has 0 aliphatic carbocycles. The number of fused-ring (bicyclic) bond motifs is 2. The summed E-state index contributed by atoms with van der Waals surface area (Å²) in [5, 5.41) is 1.87. The fourth-order valence-electron chi connectivity index (χ4n) is 3.43. The lowest BCUT2D eigenvalue weighted by molar-refractivity contribution is -0.139. The molecule has 0 N–H and O–H groups in total. The summed E-state index contributed by atoms with van der Waals surface area (Å²) in [6.45, 7) is 1.68. The number of hydrogen-bond acceptors (Lipinski definition) is 6. The van der Waals surface area contributed by atoms with E-state index in [2.05, 4.69) is 9.97 Å². The smallest absolute Gasteiger partial charge is 0.340 e. The summed E-state index contributed by atoms with van der Waals surface area (Å²) in [5.74, 6) is -1.07. The molecule has 0 spiro atoms. The molecule has 6 heteroatoms. The topological polar surface area (TPSA) is 78.4 Å². The zero-order chi connectivity index (χ0) is 21.8. The molecule has 0 unspecified atom stereocenters. The average Bonchev–Trinajstić information content (AvgIpc) is 2.81. The van der Waals surface area contributed by atoms with Gasteiger partial charge in [-0.1, -0.05) is 42.5 Å². The Hall–Kier alpha value is -4.06. The van der Waals surface area contributed by atoms with Crippen molar-refractivity contribution >= 4 is 39.8 Å². The molecule has 0 aliphatic rings. The molecule has 2 aromatic carbocycles. The van der Waals surface area contributed by atoms with Crippen LogP contribution in [0.1, 0.15) is 27.3 Å². The molecule has 0 radical (unpaired) electrons. The standard InChI is InChI=1S/C25H20N2O4/c1-16-19-8-4-6-10-21(19)27-22(24(16)25(29)30-2)15-31-23(28)14-13-18-12-11-17-7-3-5-9-20(17)26-18/h3-14H,15H2,1-2H3/b14-13+. The van der Waals surface area contributed by atoms with E-state index in [1.54, 1.807) is 6.08 Å². The molecule has 4 aromatic rings. The van der Waals surface area contributed by atoms with Crippen LogP contribution in [0.2, 0.25) is 0 Å². The second-order valence-electron chi connectivity index (χ2n) is 6.94. The van der Waals surface area contributed by atoms with E-state index in [4.69, 9.17) is 9.47 Å². The summed E-state index contributed by atoms with van der Waals surface area (Å²) < 4.78 is 10.3. The molecule has 0 bridgehead atoms. The van der Waals surface area contributed by atoms with Gasteiger partial charge in [0.1, 0.15) is 6.61 Å². The third-order valence-corrected chi connectivity index (χ3v) is 4.98. The highest BCUT2D eigenvalue weighted by molar-refractivity contribution is 5.98. The molecule has 0 saturated heterocycles. The number of carbonyl (C=O) groups excluding carboxylic acids is 2. The number of esters is 2. The van der Waals surface area contributed by atoms with Crippen LogP contribution in [0, 0.1) is 6.92 Å². The van der Waals surface area contributed by atoms with Crippen LogP contribution in [-0.2, 0) is 20.9 Å². The minimum absolute atomic E-state index is 0.148. The van der Waals surface area contributed by atoms with Crippen LogP contribution >= 0.6 is 0 Å². The number of aromatic nitrogens is 2. The molecule has 31 heavy (non-hydrogen) atoms. The Labute approximate surface area is 179 Å². The highest BCUT2D eigenvalue weighted by Crippen LogP contribution is 2.24. The minimum atomic E-state index is -0.557. The van der Waals surface area contributed by atoms with E-state index in [1.807, 2.05) is 67.6 Å². The van der Waals surface area contributed by atoms with Crippen LogP contribution in [-0.4, -0.2) is 29.0 Å². The Morgan fingerprint density at radius 2 is 1.68 bits per heavy atom. The van der Waals surface area contributed by atoms with Gasteiger partial charge < -0.3 is 9.47 Å². The molecule has 6 nitrogen and oxygen atoms in total. The first-order valence-electron chi connectivity index (χ1n) is 9.74. The molecular weight excluding hydrogens is 392 g/mol. The lowest BCUT2D eigenvalue weighted by Crippen LogP contribution is -2.13. The van der Waals surface area contributed by atoms with E-state index >= 15 is 0 Å². The second-order valence-corrected chi connectivity index (χ2v) is 6.94. The van der Waals surface area contributed by atoms with Gasteiger partial charge in [0, 0.05) is 16.8 Å². The maximum Gasteiger partial charge on any atom is 0.340 e. The van der Waals surface area contributed by atoms with Crippen LogP contribution in [0.4, 0.5) is 0 Å². The van der Waals surface area contributed by atoms with E-state index in [-0.39, 0.29) is 6.61 Å². The number of methoxy groups -OCH3 is 1. The van der Waals surface area contributed by atoms with E-state index in [0.717, 1.165) is 27.4 Å². The van der Waals surface area contributed by atoms with Gasteiger partial charge in [-0.3, -0.25) is 0 Å². The van der Waals surface area contributed by atoms with Crippen molar-refractivity contribution in [2.24, 2.45) is 0 Å². The Morgan fingerprint density at radius 1 is 0.935 bits per heavy atom. The Bertz CT molecular complexity index is 1330. The van der Waals surface area contributed by atoms with Gasteiger partial charge in [-0.15, -0.1) is 0 Å². The molecule has 0 saturated carbocycles. The zero-order valence-corrected chi connectivity index (χ0v) is 17.2. The van der Waals surface area contributed by atoms with Crippen molar-refractivity contribution in [3.05, 3.63) is 89.3 Å². The van der Waals surface area contributed by atoms with Crippen molar-refractivity contribution in [2.45, 2.75) is 13.5 Å². The van der Waals surface area contributed by atoms with Gasteiger partial charge in [0.25, 0.3) is 0 Å². The first-order valence-corrected chi connectivity index (χ1v) is 9.74. The summed E-state index contributed by atoms with van der Waals surface area (Å²) in [5.41, 5.74) is 3.61. The van der Waals surface area contributed by atoms with Crippen molar-refractivity contribution in [3.63, 3.8) is 0 Å². The van der Waals surface area contributed by atoms with Gasteiger partial charge in [-0.25, -0.2) is 19.6 Å². The fraction of sp³-hybridized carbons (Fsp3) is 0.120. The van der Waals surface area contributed by atoms with E-state index in [0.29, 0.717) is 17.0 Å². The first kappa shape index (κ1) is 20.2. The van der Waals surface area contributed by atoms with Crippen molar-refractivity contribution in [1.29, 1.82) is 0 Å². The largest absolute Gasteiger partial charge is 0.465 e. The van der Waals surface area contributed by atoms with Gasteiger partial charge in [0.2, 0.25) is 0 Å². The van der Waals surface area contributed by atoms with Crippen molar-refractivity contribution in [1.82, 2.24) is 9.97 Å². The molecule has 154 valence electrons. The third-order valence-electron chi connectivity index (χ3n) is 4.98. The average molecular weight is 412 g/mol. The maximum atomic E-state index is 12.3. The number of benzene rings is 2. The van der Waals surface area contributed by atoms with Crippen LogP contribution in [0.15, 0.2) is 66.7 Å². The molecule has 0 atom stereocenters. The molecule has 2 heterocycles. The van der Waals surface area contributed by atoms with Gasteiger partial charge in [0.15, 0.2) is 0 Å². The van der Waals surface area contributed by atoms with Gasteiger partial charge in [-0.05, 0) is 36.8 Å². The van der Waals surface area contributed by atoms with Crippen LogP contribution in [0.25, 0.3) is 27.9 Å². The van der Waals surface area contributed by atoms with Crippen LogP contribution < -0.4 is 0 Å². The second kappa shape index (κ2) is 8.75. The molecule has 0 fully saturated rings. The predicted octanol–water partition coefficient (Wildman–Crippen LogP) is 4.63. The van der Waals surface area contributed by atoms with Gasteiger partial charge in [-0.2, -0.15) is 0 Å². The molecule has 0 amide bonds. The highest BCUT2D eigenvalue weighted by Gasteiger charge is 2.20. The summed E-state index contributed by atoms with van der Waals surface area (Å²) in [4.78, 5) is 33.6. The lowest BCUT2D eigenvalue weighted by atomic mass is 10.0. The number of aryl methyl sites for hydroxylation is 1. The Morgan fingerprint density at radius 3 is 2.48 bits per heavy atom. The number of para-hydroxylation sites is 2. The molecule has 4 rings (SSSR count). The minimum Gasteiger partial charge on any atom is -0.465 e. The third kappa shape index (κ3) is 4.28. The lowest BCUT2D eigenvalue weighted by Gasteiger charge is -2.13. The van der Waals surface area contributed by atoms with Crippen molar-refractivity contribution in [2.75, 3.05) is 7.11 Å². The van der Waals surface area contributed by atoms with Gasteiger partial charge >= 0.3 is 11.9 Å². The number of nitrogens with zero attached hydrogens (tertiary/aromatic N) is 2. The monoisotopic (exact) mass is 412 g/mol. The zero-order valence-electron chi connectivity index (χ0n) is 17.2. The van der Waals surface area contributed by atoms with Crippen molar-refractivity contribution in [3.8, 4) is 0 Å². The molecule has 0 aliphatic heterocycles. The van der Waals surface area contributed by atoms with Crippen LogP contribution in [0.5, 0.6) is 0 Å². The number of carbonyl (C=O) groups is 2. The van der Waals surface area contributed by atoms with E-state index in [1.165, 1.54) is 13.2 Å². The normalized spacial score (nSPS) is 11.2. The molecular formula is C25H20N2O4. The number of hydrogen-bond donors (Lipinski definition) is 0. The number of pyridine rings is 2. The van der Waals surface area contributed by atoms with Crippen molar-refractivity contribution < 1.29 is 19.1 Å². The summed E-state index contributed by atoms with van der Waals surface area (Å²) in [6.07, 6.45) is 2.90. The Balaban J connectivity index is 1.54. The first-order chi connectivity index (χ1) is 15.1. The summed E-state index contributed by atoms with van der Waals surface area (Å²) in [6, 6.07) is 19.0. The Kier molecular flexibility index (Phi) is 5.71. The maximum absolute atomic E-state index is 12.3. The van der Waals surface area contributed by atoms with Crippen LogP contribution in [0.3, 0.4) is 0 Å².